The van der Waals surface area contributed by atoms with Crippen LogP contribution >= 0.6 is 0 Å². The third-order valence-electron chi connectivity index (χ3n) is 5.99. The lowest BCUT2D eigenvalue weighted by Gasteiger charge is -2.10. The first kappa shape index (κ1) is 23.2. The van der Waals surface area contributed by atoms with Gasteiger partial charge in [0.05, 0.1) is 11.8 Å². The lowest BCUT2D eigenvalue weighted by molar-refractivity contribution is -0.116. The highest BCUT2D eigenvalue weighted by Crippen LogP contribution is 2.26. The first-order chi connectivity index (χ1) is 17.3. The molecule has 3 aromatic heterocycles. The Morgan fingerprint density at radius 1 is 1.11 bits per heavy atom. The highest BCUT2D eigenvalue weighted by atomic mass is 16.5. The molecule has 10 heteroatoms. The summed E-state index contributed by atoms with van der Waals surface area (Å²) in [6, 6.07) is 12.4. The van der Waals surface area contributed by atoms with Crippen LogP contribution in [-0.2, 0) is 24.3 Å². The summed E-state index contributed by atoms with van der Waals surface area (Å²) in [5.74, 6) is 0.498. The fourth-order valence-electron chi connectivity index (χ4n) is 4.17. The van der Waals surface area contributed by atoms with Gasteiger partial charge in [-0.1, -0.05) is 23.7 Å². The molecule has 2 aromatic carbocycles. The number of amides is 1. The Bertz CT molecular complexity index is 1680. The van der Waals surface area contributed by atoms with Crippen molar-refractivity contribution in [3.63, 3.8) is 0 Å². The Hall–Kier alpha value is -4.60. The maximum Gasteiger partial charge on any atom is 0.278 e. The second-order valence-electron chi connectivity index (χ2n) is 8.62. The molecule has 0 fully saturated rings. The van der Waals surface area contributed by atoms with Gasteiger partial charge in [0.25, 0.3) is 5.56 Å². The van der Waals surface area contributed by atoms with Gasteiger partial charge < -0.3 is 14.4 Å². The van der Waals surface area contributed by atoms with Crippen molar-refractivity contribution in [1.29, 1.82) is 0 Å². The summed E-state index contributed by atoms with van der Waals surface area (Å²) in [6.07, 6.45) is 2.08. The van der Waals surface area contributed by atoms with Crippen molar-refractivity contribution in [2.75, 3.05) is 5.32 Å². The Morgan fingerprint density at radius 2 is 1.89 bits per heavy atom. The highest BCUT2D eigenvalue weighted by Gasteiger charge is 2.19. The second-order valence-corrected chi connectivity index (χ2v) is 8.62. The zero-order valence-corrected chi connectivity index (χ0v) is 20.1. The number of carbonyl (C=O) groups is 2. The maximum atomic E-state index is 13.6. The van der Waals surface area contributed by atoms with Crippen molar-refractivity contribution in [3.05, 3.63) is 82.0 Å². The Morgan fingerprint density at radius 3 is 2.58 bits per heavy atom. The fourth-order valence-corrected chi connectivity index (χ4v) is 4.17. The van der Waals surface area contributed by atoms with Crippen LogP contribution in [0, 0.1) is 6.92 Å². The molecule has 0 aliphatic heterocycles. The standard InChI is InChI=1S/C26H24N6O4/c1-4-21-29-23(36-30-21)13-31-14-27-24-19-11-15(2)5-10-20(19)32(25(24)26(31)35)12-22(34)28-18-8-6-17(7-9-18)16(3)33/h5-11,14H,4,12-13H2,1-3H3,(H,28,34). The van der Waals surface area contributed by atoms with Gasteiger partial charge in [0, 0.05) is 23.1 Å². The van der Waals surface area contributed by atoms with Crippen molar-refractivity contribution < 1.29 is 14.1 Å². The summed E-state index contributed by atoms with van der Waals surface area (Å²) < 4.78 is 8.32. The van der Waals surface area contributed by atoms with Crippen molar-refractivity contribution >= 4 is 39.3 Å². The third kappa shape index (κ3) is 4.28. The fraction of sp³-hybridized carbons (Fsp3) is 0.231. The van der Waals surface area contributed by atoms with Crippen molar-refractivity contribution in [2.24, 2.45) is 0 Å². The summed E-state index contributed by atoms with van der Waals surface area (Å²) in [6.45, 7) is 5.34. The largest absolute Gasteiger partial charge is 0.337 e. The summed E-state index contributed by atoms with van der Waals surface area (Å²) in [5.41, 5.74) is 3.38. The quantitative estimate of drug-likeness (QED) is 0.351. The van der Waals surface area contributed by atoms with E-state index < -0.39 is 0 Å². The number of benzene rings is 2. The molecule has 0 aliphatic rings. The number of nitrogens with one attached hydrogen (secondary N) is 1. The average molecular weight is 485 g/mol. The number of aromatic nitrogens is 5. The number of aryl methyl sites for hydroxylation is 2. The van der Waals surface area contributed by atoms with Gasteiger partial charge in [0.1, 0.15) is 24.1 Å². The van der Waals surface area contributed by atoms with Crippen LogP contribution in [0.15, 0.2) is 58.1 Å². The molecule has 0 aliphatic carbocycles. The van der Waals surface area contributed by atoms with Crippen LogP contribution in [0.1, 0.15) is 41.5 Å². The van der Waals surface area contributed by atoms with Crippen LogP contribution in [0.3, 0.4) is 0 Å². The molecule has 0 saturated carbocycles. The van der Waals surface area contributed by atoms with Crippen LogP contribution in [0.4, 0.5) is 5.69 Å². The molecule has 3 heterocycles. The van der Waals surface area contributed by atoms with Gasteiger partial charge in [0.2, 0.25) is 11.8 Å². The first-order valence-electron chi connectivity index (χ1n) is 11.5. The van der Waals surface area contributed by atoms with Crippen molar-refractivity contribution in [1.82, 2.24) is 24.3 Å². The monoisotopic (exact) mass is 484 g/mol. The number of Topliss-reactive ketones (excluding diaryl/α,β-unsaturated/α-hetero) is 1. The topological polar surface area (TPSA) is 125 Å². The van der Waals surface area contributed by atoms with E-state index in [0.717, 1.165) is 16.5 Å². The van der Waals surface area contributed by atoms with E-state index in [2.05, 4.69) is 20.4 Å². The molecule has 36 heavy (non-hydrogen) atoms. The van der Waals surface area contributed by atoms with Gasteiger partial charge in [-0.15, -0.1) is 0 Å². The molecule has 5 aromatic rings. The molecule has 0 saturated heterocycles. The minimum atomic E-state index is -0.316. The minimum absolute atomic E-state index is 0.0522. The van der Waals surface area contributed by atoms with Crippen molar-refractivity contribution in [2.45, 2.75) is 40.3 Å². The van der Waals surface area contributed by atoms with Gasteiger partial charge in [-0.25, -0.2) is 4.98 Å². The van der Waals surface area contributed by atoms with Crippen LogP contribution in [0.2, 0.25) is 0 Å². The Kier molecular flexibility index (Phi) is 5.93. The SMILES string of the molecule is CCc1noc(Cn2cnc3c4cc(C)ccc4n(CC(=O)Nc4ccc(C(C)=O)cc4)c3c2=O)n1. The van der Waals surface area contributed by atoms with E-state index in [1.54, 1.807) is 28.8 Å². The average Bonchev–Trinajstić information content (AvgIpc) is 3.43. The number of rotatable bonds is 7. The summed E-state index contributed by atoms with van der Waals surface area (Å²) in [7, 11) is 0. The van der Waals surface area contributed by atoms with Gasteiger partial charge in [0.15, 0.2) is 11.6 Å². The molecule has 10 nitrogen and oxygen atoms in total. The molecule has 1 N–H and O–H groups in total. The number of anilines is 1. The zero-order chi connectivity index (χ0) is 25.4. The molecule has 1 amide bonds. The number of hydrogen-bond donors (Lipinski definition) is 1. The van der Waals surface area contributed by atoms with E-state index in [4.69, 9.17) is 4.52 Å². The first-order valence-corrected chi connectivity index (χ1v) is 11.5. The predicted octanol–water partition coefficient (Wildman–Crippen LogP) is 3.49. The number of ketones is 1. The van der Waals surface area contributed by atoms with Gasteiger partial charge in [-0.3, -0.25) is 19.0 Å². The molecule has 0 unspecified atom stereocenters. The minimum Gasteiger partial charge on any atom is -0.337 e. The molecule has 0 radical (unpaired) electrons. The maximum absolute atomic E-state index is 13.6. The second kappa shape index (κ2) is 9.21. The van der Waals surface area contributed by atoms with Gasteiger partial charge in [-0.2, -0.15) is 4.98 Å². The van der Waals surface area contributed by atoms with E-state index in [-0.39, 0.29) is 30.3 Å². The van der Waals surface area contributed by atoms with Crippen LogP contribution in [0.25, 0.3) is 21.9 Å². The molecule has 0 bridgehead atoms. The molecular weight excluding hydrogens is 460 g/mol. The Labute approximate surface area is 205 Å². The lowest BCUT2D eigenvalue weighted by atomic mass is 10.1. The molecule has 5 rings (SSSR count). The molecule has 0 spiro atoms. The van der Waals surface area contributed by atoms with Gasteiger partial charge in [-0.05, 0) is 50.2 Å². The molecule has 0 atom stereocenters. The van der Waals surface area contributed by atoms with E-state index in [9.17, 15) is 14.4 Å². The van der Waals surface area contributed by atoms with E-state index >= 15 is 0 Å². The van der Waals surface area contributed by atoms with E-state index in [1.807, 2.05) is 32.0 Å². The summed E-state index contributed by atoms with van der Waals surface area (Å²) >= 11 is 0. The number of nitrogens with zero attached hydrogens (tertiary/aromatic N) is 5. The van der Waals surface area contributed by atoms with Crippen LogP contribution in [-0.4, -0.2) is 35.9 Å². The number of carbonyl (C=O) groups excluding carboxylic acids is 2. The predicted molar refractivity (Wildman–Crippen MR) is 134 cm³/mol. The van der Waals surface area contributed by atoms with Crippen LogP contribution in [0.5, 0.6) is 0 Å². The summed E-state index contributed by atoms with van der Waals surface area (Å²) in [4.78, 5) is 46.9. The Balaban J connectivity index is 1.54. The van der Waals surface area contributed by atoms with E-state index in [0.29, 0.717) is 40.4 Å². The van der Waals surface area contributed by atoms with E-state index in [1.165, 1.54) is 17.8 Å². The normalized spacial score (nSPS) is 11.3. The highest BCUT2D eigenvalue weighted by molar-refractivity contribution is 6.07. The lowest BCUT2D eigenvalue weighted by Crippen LogP contribution is -2.25. The smallest absolute Gasteiger partial charge is 0.278 e. The van der Waals surface area contributed by atoms with Gasteiger partial charge >= 0.3 is 0 Å². The third-order valence-corrected chi connectivity index (χ3v) is 5.99. The number of hydrogen-bond acceptors (Lipinski definition) is 7. The number of fused-ring (bicyclic) bond motifs is 3. The van der Waals surface area contributed by atoms with Crippen LogP contribution < -0.4 is 10.9 Å². The summed E-state index contributed by atoms with van der Waals surface area (Å²) in [5, 5.41) is 7.51. The molecular formula is C26H24N6O4. The van der Waals surface area contributed by atoms with Crippen molar-refractivity contribution in [3.8, 4) is 0 Å². The molecule has 182 valence electrons. The zero-order valence-electron chi connectivity index (χ0n) is 20.1.